The van der Waals surface area contributed by atoms with Gasteiger partial charge in [0.25, 0.3) is 0 Å². The molecule has 0 aliphatic heterocycles. The molecule has 1 N–H and O–H groups in total. The number of hydrogen-bond donors (Lipinski definition) is 1. The summed E-state index contributed by atoms with van der Waals surface area (Å²) in [7, 11) is 4.00. The van der Waals surface area contributed by atoms with E-state index in [2.05, 4.69) is 73.8 Å². The van der Waals surface area contributed by atoms with E-state index < -0.39 is 0 Å². The number of nitrogens with one attached hydrogen (secondary N) is 1. The van der Waals surface area contributed by atoms with Crippen molar-refractivity contribution in [1.29, 1.82) is 0 Å². The van der Waals surface area contributed by atoms with Crippen LogP contribution < -0.4 is 9.64 Å². The van der Waals surface area contributed by atoms with Crippen LogP contribution in [-0.2, 0) is 6.54 Å². The Morgan fingerprint density at radius 1 is 0.833 bits per heavy atom. The van der Waals surface area contributed by atoms with Crippen LogP contribution in [0.25, 0.3) is 11.1 Å². The molecule has 1 atom stereocenters. The van der Waals surface area contributed by atoms with Crippen LogP contribution in [0.2, 0.25) is 0 Å². The van der Waals surface area contributed by atoms with Crippen molar-refractivity contribution >= 4 is 0 Å². The molecule has 2 heteroatoms. The Hall–Kier alpha value is -2.58. The van der Waals surface area contributed by atoms with Gasteiger partial charge in [0, 0.05) is 16.7 Å². The summed E-state index contributed by atoms with van der Waals surface area (Å²) in [5.41, 5.74) is 6.91. The average molecular weight is 316 g/mol. The van der Waals surface area contributed by atoms with Gasteiger partial charge in [0.1, 0.15) is 18.3 Å². The van der Waals surface area contributed by atoms with Crippen molar-refractivity contribution in [1.82, 2.24) is 0 Å². The fourth-order valence-electron chi connectivity index (χ4n) is 3.89. The van der Waals surface area contributed by atoms with Crippen molar-refractivity contribution < 1.29 is 9.64 Å². The van der Waals surface area contributed by atoms with Crippen LogP contribution in [-0.4, -0.2) is 14.2 Å². The second kappa shape index (κ2) is 6.14. The number of benzene rings is 3. The molecular weight excluding hydrogens is 294 g/mol. The van der Waals surface area contributed by atoms with Crippen molar-refractivity contribution in [3.63, 3.8) is 0 Å². The van der Waals surface area contributed by atoms with Crippen LogP contribution >= 0.6 is 0 Å². The van der Waals surface area contributed by atoms with Gasteiger partial charge >= 0.3 is 0 Å². The smallest absolute Gasteiger partial charge is 0.140 e. The molecule has 120 valence electrons. The van der Waals surface area contributed by atoms with Crippen molar-refractivity contribution in [2.24, 2.45) is 0 Å². The lowest BCUT2D eigenvalue weighted by atomic mass is 10.0. The highest BCUT2D eigenvalue weighted by Gasteiger charge is 2.33. The van der Waals surface area contributed by atoms with Gasteiger partial charge < -0.3 is 9.64 Å². The summed E-state index contributed by atoms with van der Waals surface area (Å²) in [6.07, 6.45) is 0. The van der Waals surface area contributed by atoms with Crippen LogP contribution in [0.1, 0.15) is 22.7 Å². The Kier molecular flexibility index (Phi) is 3.83. The summed E-state index contributed by atoms with van der Waals surface area (Å²) in [6, 6.07) is 26.4. The van der Waals surface area contributed by atoms with Crippen molar-refractivity contribution in [3.05, 3.63) is 89.5 Å². The molecule has 0 saturated carbocycles. The summed E-state index contributed by atoms with van der Waals surface area (Å²) < 4.78 is 5.37. The molecule has 0 amide bonds. The summed E-state index contributed by atoms with van der Waals surface area (Å²) in [5.74, 6) is 0.924. The maximum atomic E-state index is 5.37. The zero-order valence-electron chi connectivity index (χ0n) is 14.1. The van der Waals surface area contributed by atoms with E-state index in [0.29, 0.717) is 6.04 Å². The quantitative estimate of drug-likeness (QED) is 0.778. The minimum absolute atomic E-state index is 0.378. The van der Waals surface area contributed by atoms with Crippen molar-refractivity contribution in [3.8, 4) is 16.9 Å². The van der Waals surface area contributed by atoms with Gasteiger partial charge in [-0.1, -0.05) is 60.7 Å². The van der Waals surface area contributed by atoms with Gasteiger partial charge in [-0.3, -0.25) is 0 Å². The maximum absolute atomic E-state index is 5.37. The minimum Gasteiger partial charge on any atom is -0.497 e. The molecule has 0 saturated heterocycles. The Morgan fingerprint density at radius 3 is 2.08 bits per heavy atom. The fourth-order valence-corrected chi connectivity index (χ4v) is 3.89. The molecule has 0 spiro atoms. The molecule has 1 aliphatic rings. The first-order valence-electron chi connectivity index (χ1n) is 8.41. The summed E-state index contributed by atoms with van der Waals surface area (Å²) in [6.45, 7) is 0.963. The lowest BCUT2D eigenvalue weighted by Crippen LogP contribution is -3.07. The van der Waals surface area contributed by atoms with E-state index in [-0.39, 0.29) is 0 Å². The predicted octanol–water partition coefficient (Wildman–Crippen LogP) is 3.48. The SMILES string of the molecule is COc1cccc(C[NH+](C)C2c3ccccc3-c3ccccc32)c1. The van der Waals surface area contributed by atoms with Crippen LogP contribution in [0.4, 0.5) is 0 Å². The number of ether oxygens (including phenoxy) is 1. The summed E-state index contributed by atoms with van der Waals surface area (Å²) in [5, 5.41) is 0. The van der Waals surface area contributed by atoms with Gasteiger partial charge in [-0.15, -0.1) is 0 Å². The van der Waals surface area contributed by atoms with Gasteiger partial charge in [0.05, 0.1) is 14.2 Å². The zero-order valence-corrected chi connectivity index (χ0v) is 14.1. The van der Waals surface area contributed by atoms with Crippen LogP contribution in [0.5, 0.6) is 5.75 Å². The third-order valence-electron chi connectivity index (χ3n) is 4.94. The third kappa shape index (κ3) is 2.49. The van der Waals surface area contributed by atoms with Crippen molar-refractivity contribution in [2.45, 2.75) is 12.6 Å². The molecule has 3 aromatic carbocycles. The first-order chi connectivity index (χ1) is 11.8. The zero-order chi connectivity index (χ0) is 16.5. The van der Waals surface area contributed by atoms with E-state index in [1.807, 2.05) is 6.07 Å². The van der Waals surface area contributed by atoms with Crippen LogP contribution in [0.3, 0.4) is 0 Å². The molecule has 4 rings (SSSR count). The number of methoxy groups -OCH3 is 1. The molecular formula is C22H22NO+. The van der Waals surface area contributed by atoms with Crippen LogP contribution in [0, 0.1) is 0 Å². The largest absolute Gasteiger partial charge is 0.497 e. The first kappa shape index (κ1) is 15.0. The number of quaternary nitrogens is 1. The van der Waals surface area contributed by atoms with E-state index in [1.165, 1.54) is 32.7 Å². The second-order valence-electron chi connectivity index (χ2n) is 6.48. The Labute approximate surface area is 143 Å². The van der Waals surface area contributed by atoms with Crippen molar-refractivity contribution in [2.75, 3.05) is 14.2 Å². The van der Waals surface area contributed by atoms with Crippen LogP contribution in [0.15, 0.2) is 72.8 Å². The summed E-state index contributed by atoms with van der Waals surface area (Å²) >= 11 is 0. The molecule has 1 unspecified atom stereocenters. The Morgan fingerprint density at radius 2 is 1.46 bits per heavy atom. The number of fused-ring (bicyclic) bond motifs is 3. The van der Waals surface area contributed by atoms with E-state index >= 15 is 0 Å². The van der Waals surface area contributed by atoms with Gasteiger partial charge in [0.15, 0.2) is 0 Å². The highest BCUT2D eigenvalue weighted by Crippen LogP contribution is 2.41. The lowest BCUT2D eigenvalue weighted by molar-refractivity contribution is -0.919. The fraction of sp³-hybridized carbons (Fsp3) is 0.182. The van der Waals surface area contributed by atoms with Gasteiger partial charge in [-0.2, -0.15) is 0 Å². The molecule has 24 heavy (non-hydrogen) atoms. The molecule has 0 radical (unpaired) electrons. The highest BCUT2D eigenvalue weighted by atomic mass is 16.5. The van der Waals surface area contributed by atoms with E-state index in [4.69, 9.17) is 4.74 Å². The van der Waals surface area contributed by atoms with Gasteiger partial charge in [-0.25, -0.2) is 0 Å². The molecule has 3 aromatic rings. The highest BCUT2D eigenvalue weighted by molar-refractivity contribution is 5.77. The van der Waals surface area contributed by atoms with Gasteiger partial charge in [0.2, 0.25) is 0 Å². The third-order valence-corrected chi connectivity index (χ3v) is 4.94. The summed E-state index contributed by atoms with van der Waals surface area (Å²) in [4.78, 5) is 1.47. The lowest BCUT2D eigenvalue weighted by Gasteiger charge is -2.23. The Balaban J connectivity index is 1.70. The van der Waals surface area contributed by atoms with E-state index in [1.54, 1.807) is 7.11 Å². The predicted molar refractivity (Wildman–Crippen MR) is 97.3 cm³/mol. The molecule has 0 bridgehead atoms. The van der Waals surface area contributed by atoms with E-state index in [9.17, 15) is 0 Å². The molecule has 0 aromatic heterocycles. The first-order valence-corrected chi connectivity index (χ1v) is 8.41. The number of hydrogen-bond acceptors (Lipinski definition) is 1. The molecule has 0 fully saturated rings. The molecule has 1 aliphatic carbocycles. The Bertz CT molecular complexity index is 826. The molecule has 0 heterocycles. The monoisotopic (exact) mass is 316 g/mol. The normalized spacial score (nSPS) is 14.1. The number of rotatable bonds is 4. The average Bonchev–Trinajstić information content (AvgIpc) is 2.96. The topological polar surface area (TPSA) is 13.7 Å². The standard InChI is InChI=1S/C22H21NO/c1-23(15-16-8-7-9-17(14-16)24-2)22-20-12-5-3-10-18(20)19-11-4-6-13-21(19)22/h3-14,22H,15H2,1-2H3/p+1. The van der Waals surface area contributed by atoms with E-state index in [0.717, 1.165) is 12.3 Å². The molecule has 2 nitrogen and oxygen atoms in total. The maximum Gasteiger partial charge on any atom is 0.140 e. The minimum atomic E-state index is 0.378. The van der Waals surface area contributed by atoms with Gasteiger partial charge in [-0.05, 0) is 23.3 Å². The second-order valence-corrected chi connectivity index (χ2v) is 6.48.